The van der Waals surface area contributed by atoms with Gasteiger partial charge in [0.15, 0.2) is 0 Å². The minimum Gasteiger partial charge on any atom is -0.426 e. The Hall–Kier alpha value is -4.04. The molecule has 0 saturated heterocycles. The van der Waals surface area contributed by atoms with Crippen LogP contribution in [-0.4, -0.2) is 23.1 Å². The third-order valence-corrected chi connectivity index (χ3v) is 5.08. The first-order valence-electron chi connectivity index (χ1n) is 9.33. The number of esters is 2. The van der Waals surface area contributed by atoms with Gasteiger partial charge in [-0.25, -0.2) is 9.78 Å². The van der Waals surface area contributed by atoms with Gasteiger partial charge in [0.2, 0.25) is 5.13 Å². The number of hydrogen-bond acceptors (Lipinski definition) is 8. The normalized spacial score (nSPS) is 10.9. The van der Waals surface area contributed by atoms with Crippen molar-refractivity contribution in [3.63, 3.8) is 0 Å². The summed E-state index contributed by atoms with van der Waals surface area (Å²) in [5, 5.41) is 4.87. The molecular weight excluding hydrogens is 414 g/mol. The maximum Gasteiger partial charge on any atom is 0.347 e. The quantitative estimate of drug-likeness (QED) is 0.202. The molecule has 0 spiro atoms. The summed E-state index contributed by atoms with van der Waals surface area (Å²) in [7, 11) is 0. The predicted octanol–water partition coefficient (Wildman–Crippen LogP) is 4.89. The largest absolute Gasteiger partial charge is 0.426 e. The van der Waals surface area contributed by atoms with Crippen molar-refractivity contribution < 1.29 is 19.1 Å². The van der Waals surface area contributed by atoms with Crippen LogP contribution in [0, 0.1) is 0 Å². The molecule has 0 unspecified atom stereocenters. The summed E-state index contributed by atoms with van der Waals surface area (Å²) in [6, 6.07) is 21.2. The summed E-state index contributed by atoms with van der Waals surface area (Å²) in [6.45, 7) is 1.27. The van der Waals surface area contributed by atoms with Gasteiger partial charge >= 0.3 is 11.9 Å². The highest BCUT2D eigenvalue weighted by molar-refractivity contribution is 7.22. The van der Waals surface area contributed by atoms with Crippen molar-refractivity contribution in [1.29, 1.82) is 0 Å². The number of aromatic nitrogens is 1. The van der Waals surface area contributed by atoms with Crippen LogP contribution < -0.4 is 14.9 Å². The molecule has 0 fully saturated rings. The van der Waals surface area contributed by atoms with Crippen LogP contribution >= 0.6 is 11.3 Å². The fourth-order valence-corrected chi connectivity index (χ4v) is 3.61. The Morgan fingerprint density at radius 3 is 2.45 bits per heavy atom. The van der Waals surface area contributed by atoms with E-state index in [9.17, 15) is 9.59 Å². The van der Waals surface area contributed by atoms with Crippen molar-refractivity contribution in [2.75, 3.05) is 5.43 Å². The first-order valence-corrected chi connectivity index (χ1v) is 10.1. The number of hydrazone groups is 1. The van der Waals surface area contributed by atoms with Gasteiger partial charge in [-0.2, -0.15) is 5.10 Å². The van der Waals surface area contributed by atoms with E-state index in [4.69, 9.17) is 9.47 Å². The zero-order chi connectivity index (χ0) is 21.6. The summed E-state index contributed by atoms with van der Waals surface area (Å²) in [4.78, 5) is 28.4. The number of anilines is 1. The molecule has 0 bridgehead atoms. The molecule has 0 aliphatic carbocycles. The van der Waals surface area contributed by atoms with E-state index in [0.29, 0.717) is 16.4 Å². The van der Waals surface area contributed by atoms with Gasteiger partial charge in [0.05, 0.1) is 16.4 Å². The molecule has 1 N–H and O–H groups in total. The first-order chi connectivity index (χ1) is 15.1. The van der Waals surface area contributed by atoms with Gasteiger partial charge < -0.3 is 9.47 Å². The average molecular weight is 431 g/mol. The van der Waals surface area contributed by atoms with Crippen LogP contribution in [0.3, 0.4) is 0 Å². The van der Waals surface area contributed by atoms with Gasteiger partial charge in [-0.3, -0.25) is 10.2 Å². The number of benzene rings is 3. The molecule has 0 atom stereocenters. The number of nitrogens with zero attached hydrogens (tertiary/aromatic N) is 2. The number of carbonyl (C=O) groups excluding carboxylic acids is 2. The van der Waals surface area contributed by atoms with E-state index in [1.54, 1.807) is 36.5 Å². The van der Waals surface area contributed by atoms with E-state index in [1.165, 1.54) is 30.4 Å². The number of ether oxygens (including phenoxy) is 2. The van der Waals surface area contributed by atoms with Crippen molar-refractivity contribution in [2.45, 2.75) is 6.92 Å². The number of rotatable bonds is 6. The number of thiazole rings is 1. The molecule has 154 valence electrons. The molecule has 0 radical (unpaired) electrons. The third kappa shape index (κ3) is 4.93. The van der Waals surface area contributed by atoms with Crippen molar-refractivity contribution in [3.05, 3.63) is 83.9 Å². The molecule has 3 aromatic carbocycles. The highest BCUT2D eigenvalue weighted by atomic mass is 32.1. The SMILES string of the molecule is CC(=O)Oc1ccccc1C(=O)Oc1ccccc1C=NNc1nc2ccccc2s1. The molecule has 0 aliphatic heterocycles. The monoisotopic (exact) mass is 431 g/mol. The predicted molar refractivity (Wildman–Crippen MR) is 120 cm³/mol. The number of para-hydroxylation sites is 3. The fourth-order valence-electron chi connectivity index (χ4n) is 2.79. The van der Waals surface area contributed by atoms with Gasteiger partial charge in [-0.05, 0) is 36.4 Å². The van der Waals surface area contributed by atoms with Gasteiger partial charge in [0.1, 0.15) is 17.1 Å². The second-order valence-corrected chi connectivity index (χ2v) is 7.40. The lowest BCUT2D eigenvalue weighted by Gasteiger charge is -2.10. The van der Waals surface area contributed by atoms with Gasteiger partial charge in [-0.1, -0.05) is 47.7 Å². The minimum atomic E-state index is -0.642. The Labute approximate surface area is 182 Å². The molecule has 8 heteroatoms. The Balaban J connectivity index is 1.50. The minimum absolute atomic E-state index is 0.142. The van der Waals surface area contributed by atoms with Crippen LogP contribution in [0.1, 0.15) is 22.8 Å². The number of fused-ring (bicyclic) bond motifs is 1. The first kappa shape index (κ1) is 20.2. The van der Waals surface area contributed by atoms with E-state index in [1.807, 2.05) is 30.3 Å². The van der Waals surface area contributed by atoms with E-state index >= 15 is 0 Å². The number of carbonyl (C=O) groups is 2. The summed E-state index contributed by atoms with van der Waals surface area (Å²) in [6.07, 6.45) is 1.55. The van der Waals surface area contributed by atoms with Crippen molar-refractivity contribution >= 4 is 44.8 Å². The molecular formula is C23H17N3O4S. The maximum absolute atomic E-state index is 12.7. The van der Waals surface area contributed by atoms with E-state index in [-0.39, 0.29) is 11.3 Å². The number of hydrogen-bond donors (Lipinski definition) is 1. The van der Waals surface area contributed by atoms with E-state index in [0.717, 1.165) is 10.2 Å². The highest BCUT2D eigenvalue weighted by Crippen LogP contribution is 2.26. The molecule has 7 nitrogen and oxygen atoms in total. The van der Waals surface area contributed by atoms with Gasteiger partial charge in [0, 0.05) is 12.5 Å². The van der Waals surface area contributed by atoms with Crippen molar-refractivity contribution in [1.82, 2.24) is 4.98 Å². The number of nitrogens with one attached hydrogen (secondary N) is 1. The smallest absolute Gasteiger partial charge is 0.347 e. The third-order valence-electron chi connectivity index (χ3n) is 4.14. The van der Waals surface area contributed by atoms with Crippen LogP contribution in [0.2, 0.25) is 0 Å². The standard InChI is InChI=1S/C23H17N3O4S/c1-15(27)29-20-12-6-3-9-17(20)22(28)30-19-11-5-2-8-16(19)14-24-26-23-25-18-10-4-7-13-21(18)31-23/h2-14H,1H3,(H,25,26). The van der Waals surface area contributed by atoms with Gasteiger partial charge in [-0.15, -0.1) is 0 Å². The Morgan fingerprint density at radius 2 is 1.65 bits per heavy atom. The van der Waals surface area contributed by atoms with Crippen LogP contribution in [0.15, 0.2) is 77.9 Å². The maximum atomic E-state index is 12.7. The van der Waals surface area contributed by atoms with Crippen LogP contribution in [0.4, 0.5) is 5.13 Å². The Kier molecular flexibility index (Phi) is 6.00. The molecule has 1 aromatic heterocycles. The van der Waals surface area contributed by atoms with Crippen molar-refractivity contribution in [3.8, 4) is 11.5 Å². The molecule has 0 amide bonds. The molecule has 1 heterocycles. The second-order valence-electron chi connectivity index (χ2n) is 6.37. The highest BCUT2D eigenvalue weighted by Gasteiger charge is 2.17. The zero-order valence-corrected chi connectivity index (χ0v) is 17.3. The van der Waals surface area contributed by atoms with Crippen LogP contribution in [-0.2, 0) is 4.79 Å². The molecule has 4 rings (SSSR count). The fraction of sp³-hybridized carbons (Fsp3) is 0.0435. The molecule has 4 aromatic rings. The Morgan fingerprint density at radius 1 is 0.935 bits per heavy atom. The lowest BCUT2D eigenvalue weighted by Crippen LogP contribution is -2.13. The lowest BCUT2D eigenvalue weighted by molar-refractivity contribution is -0.131. The zero-order valence-electron chi connectivity index (χ0n) is 16.4. The average Bonchev–Trinajstić information content (AvgIpc) is 3.18. The lowest BCUT2D eigenvalue weighted by atomic mass is 10.2. The molecule has 31 heavy (non-hydrogen) atoms. The topological polar surface area (TPSA) is 89.9 Å². The van der Waals surface area contributed by atoms with E-state index < -0.39 is 11.9 Å². The summed E-state index contributed by atoms with van der Waals surface area (Å²) in [5.74, 6) is -0.700. The summed E-state index contributed by atoms with van der Waals surface area (Å²) in [5.41, 5.74) is 4.54. The van der Waals surface area contributed by atoms with Gasteiger partial charge in [0.25, 0.3) is 0 Å². The summed E-state index contributed by atoms with van der Waals surface area (Å²) < 4.78 is 11.7. The van der Waals surface area contributed by atoms with Crippen LogP contribution in [0.5, 0.6) is 11.5 Å². The molecule has 0 saturated carbocycles. The Bertz CT molecular complexity index is 1250. The van der Waals surface area contributed by atoms with Crippen LogP contribution in [0.25, 0.3) is 10.2 Å². The molecule has 0 aliphatic rings. The second kappa shape index (κ2) is 9.19. The van der Waals surface area contributed by atoms with Crippen molar-refractivity contribution in [2.24, 2.45) is 5.10 Å². The summed E-state index contributed by atoms with van der Waals surface area (Å²) >= 11 is 1.49. The van der Waals surface area contributed by atoms with E-state index in [2.05, 4.69) is 15.5 Å².